The number of carbonyl (C=O) groups is 1. The van der Waals surface area contributed by atoms with Crippen molar-refractivity contribution in [3.8, 4) is 0 Å². The molecule has 1 saturated heterocycles. The van der Waals surface area contributed by atoms with Crippen molar-refractivity contribution in [1.29, 1.82) is 0 Å². The molecule has 0 aliphatic carbocycles. The van der Waals surface area contributed by atoms with Gasteiger partial charge < -0.3 is 10.2 Å². The highest BCUT2D eigenvalue weighted by Crippen LogP contribution is 2.05. The second-order valence-electron chi connectivity index (χ2n) is 6.15. The van der Waals surface area contributed by atoms with Crippen molar-refractivity contribution >= 4 is 5.91 Å². The van der Waals surface area contributed by atoms with E-state index in [2.05, 4.69) is 48.1 Å². The Labute approximate surface area is 128 Å². The number of hydrogen-bond donors (Lipinski definition) is 1. The Kier molecular flexibility index (Phi) is 5.76. The molecular weight excluding hydrogens is 262 g/mol. The summed E-state index contributed by atoms with van der Waals surface area (Å²) in [6.07, 6.45) is 0.468. The van der Waals surface area contributed by atoms with Crippen LogP contribution in [0, 0.1) is 6.92 Å². The zero-order chi connectivity index (χ0) is 15.2. The largest absolute Gasteiger partial charge is 0.354 e. The van der Waals surface area contributed by atoms with E-state index < -0.39 is 0 Å². The van der Waals surface area contributed by atoms with E-state index >= 15 is 0 Å². The molecule has 1 aromatic carbocycles. The molecule has 1 aromatic rings. The Bertz CT molecular complexity index is 450. The lowest BCUT2D eigenvalue weighted by molar-refractivity contribution is -0.120. The minimum Gasteiger partial charge on any atom is -0.354 e. The molecule has 0 spiro atoms. The van der Waals surface area contributed by atoms with E-state index in [1.165, 1.54) is 5.56 Å². The Morgan fingerprint density at radius 1 is 1.19 bits per heavy atom. The Hall–Kier alpha value is -1.39. The molecule has 0 radical (unpaired) electrons. The van der Waals surface area contributed by atoms with E-state index in [1.807, 2.05) is 12.1 Å². The molecule has 1 fully saturated rings. The third kappa shape index (κ3) is 5.14. The zero-order valence-corrected chi connectivity index (χ0v) is 13.4. The van der Waals surface area contributed by atoms with E-state index in [1.54, 1.807) is 0 Å². The summed E-state index contributed by atoms with van der Waals surface area (Å²) in [4.78, 5) is 16.8. The van der Waals surface area contributed by atoms with Crippen LogP contribution in [-0.4, -0.2) is 61.5 Å². The van der Waals surface area contributed by atoms with Crippen LogP contribution in [0.25, 0.3) is 0 Å². The van der Waals surface area contributed by atoms with E-state index in [0.29, 0.717) is 12.5 Å². The van der Waals surface area contributed by atoms with Crippen LogP contribution in [0.1, 0.15) is 18.1 Å². The minimum absolute atomic E-state index is 0.111. The normalized spacial score (nSPS) is 18.4. The van der Waals surface area contributed by atoms with Crippen molar-refractivity contribution in [2.45, 2.75) is 26.3 Å². The molecule has 4 nitrogen and oxygen atoms in total. The van der Waals surface area contributed by atoms with Gasteiger partial charge in [-0.3, -0.25) is 9.69 Å². The Morgan fingerprint density at radius 3 is 2.43 bits per heavy atom. The number of aryl methyl sites for hydroxylation is 1. The summed E-state index contributed by atoms with van der Waals surface area (Å²) in [7, 11) is 2.16. The smallest absolute Gasteiger partial charge is 0.224 e. The number of benzene rings is 1. The molecule has 2 rings (SSSR count). The maximum absolute atomic E-state index is 12.0. The fourth-order valence-corrected chi connectivity index (χ4v) is 2.61. The first-order valence-electron chi connectivity index (χ1n) is 7.79. The second-order valence-corrected chi connectivity index (χ2v) is 6.15. The van der Waals surface area contributed by atoms with Gasteiger partial charge in [0.25, 0.3) is 0 Å². The van der Waals surface area contributed by atoms with Crippen molar-refractivity contribution in [2.24, 2.45) is 0 Å². The van der Waals surface area contributed by atoms with E-state index in [4.69, 9.17) is 0 Å². The third-order valence-electron chi connectivity index (χ3n) is 4.24. The maximum Gasteiger partial charge on any atom is 0.224 e. The fourth-order valence-electron chi connectivity index (χ4n) is 2.61. The van der Waals surface area contributed by atoms with Crippen molar-refractivity contribution < 1.29 is 4.79 Å². The molecule has 1 aliphatic heterocycles. The van der Waals surface area contributed by atoms with E-state index in [0.717, 1.165) is 38.3 Å². The number of carbonyl (C=O) groups excluding carboxylic acids is 1. The van der Waals surface area contributed by atoms with E-state index in [-0.39, 0.29) is 5.91 Å². The van der Waals surface area contributed by atoms with Crippen LogP contribution in [0.5, 0.6) is 0 Å². The molecule has 1 N–H and O–H groups in total. The monoisotopic (exact) mass is 289 g/mol. The van der Waals surface area contributed by atoms with Gasteiger partial charge in [-0.2, -0.15) is 0 Å². The lowest BCUT2D eigenvalue weighted by Crippen LogP contribution is -2.51. The van der Waals surface area contributed by atoms with Crippen molar-refractivity contribution in [3.05, 3.63) is 35.4 Å². The van der Waals surface area contributed by atoms with Crippen LogP contribution in [0.4, 0.5) is 0 Å². The molecule has 1 heterocycles. The van der Waals surface area contributed by atoms with Gasteiger partial charge in [0.2, 0.25) is 5.91 Å². The number of nitrogens with zero attached hydrogens (tertiary/aromatic N) is 2. The SMILES string of the molecule is Cc1ccc(CC(=O)NC[C@H](C)N2CCN(C)CC2)cc1. The predicted octanol–water partition coefficient (Wildman–Crippen LogP) is 1.29. The molecular formula is C17H27N3O. The molecule has 1 aliphatic rings. The fraction of sp³-hybridized carbons (Fsp3) is 0.588. The predicted molar refractivity (Wildman–Crippen MR) is 86.4 cm³/mol. The average Bonchev–Trinajstić information content (AvgIpc) is 2.48. The number of nitrogens with one attached hydrogen (secondary N) is 1. The molecule has 0 bridgehead atoms. The first-order valence-corrected chi connectivity index (χ1v) is 7.79. The first kappa shape index (κ1) is 16.0. The molecule has 0 saturated carbocycles. The summed E-state index contributed by atoms with van der Waals surface area (Å²) in [5, 5.41) is 3.06. The van der Waals surface area contributed by atoms with Gasteiger partial charge in [0.1, 0.15) is 0 Å². The highest BCUT2D eigenvalue weighted by Gasteiger charge is 2.19. The van der Waals surface area contributed by atoms with Crippen LogP contribution in [-0.2, 0) is 11.2 Å². The van der Waals surface area contributed by atoms with Crippen molar-refractivity contribution in [3.63, 3.8) is 0 Å². The van der Waals surface area contributed by atoms with E-state index in [9.17, 15) is 4.79 Å². The van der Waals surface area contributed by atoms with Crippen molar-refractivity contribution in [1.82, 2.24) is 15.1 Å². The van der Waals surface area contributed by atoms with Gasteiger partial charge in [0.05, 0.1) is 6.42 Å². The van der Waals surface area contributed by atoms with Gasteiger partial charge in [0, 0.05) is 38.8 Å². The Morgan fingerprint density at radius 2 is 1.81 bits per heavy atom. The number of piperazine rings is 1. The number of amides is 1. The quantitative estimate of drug-likeness (QED) is 0.887. The molecule has 4 heteroatoms. The van der Waals surface area contributed by atoms with Crippen LogP contribution >= 0.6 is 0 Å². The zero-order valence-electron chi connectivity index (χ0n) is 13.4. The molecule has 116 valence electrons. The molecule has 1 amide bonds. The maximum atomic E-state index is 12.0. The number of likely N-dealkylation sites (N-methyl/N-ethyl adjacent to an activating group) is 1. The molecule has 21 heavy (non-hydrogen) atoms. The molecule has 0 aromatic heterocycles. The topological polar surface area (TPSA) is 35.6 Å². The summed E-state index contributed by atoms with van der Waals surface area (Å²) in [5.74, 6) is 0.111. The van der Waals surface area contributed by atoms with Gasteiger partial charge in [-0.1, -0.05) is 29.8 Å². The second kappa shape index (κ2) is 7.57. The van der Waals surface area contributed by atoms with Crippen LogP contribution in [0.3, 0.4) is 0 Å². The van der Waals surface area contributed by atoms with Gasteiger partial charge in [-0.15, -0.1) is 0 Å². The molecule has 0 unspecified atom stereocenters. The van der Waals surface area contributed by atoms with Crippen LogP contribution in [0.2, 0.25) is 0 Å². The summed E-state index contributed by atoms with van der Waals surface area (Å²) in [6.45, 7) is 9.38. The lowest BCUT2D eigenvalue weighted by Gasteiger charge is -2.36. The Balaban J connectivity index is 1.72. The number of rotatable bonds is 5. The van der Waals surface area contributed by atoms with Gasteiger partial charge in [-0.05, 0) is 26.5 Å². The highest BCUT2D eigenvalue weighted by molar-refractivity contribution is 5.78. The highest BCUT2D eigenvalue weighted by atomic mass is 16.1. The summed E-state index contributed by atoms with van der Waals surface area (Å²) in [6, 6.07) is 8.56. The first-order chi connectivity index (χ1) is 10.0. The lowest BCUT2D eigenvalue weighted by atomic mass is 10.1. The number of hydrogen-bond acceptors (Lipinski definition) is 3. The van der Waals surface area contributed by atoms with Gasteiger partial charge in [-0.25, -0.2) is 0 Å². The summed E-state index contributed by atoms with van der Waals surface area (Å²) in [5.41, 5.74) is 2.30. The third-order valence-corrected chi connectivity index (χ3v) is 4.24. The van der Waals surface area contributed by atoms with Crippen LogP contribution in [0.15, 0.2) is 24.3 Å². The summed E-state index contributed by atoms with van der Waals surface area (Å²) >= 11 is 0. The standard InChI is InChI=1S/C17H27N3O/c1-14-4-6-16(7-5-14)12-17(21)18-13-15(2)20-10-8-19(3)9-11-20/h4-7,15H,8-13H2,1-3H3,(H,18,21)/t15-/m0/s1. The minimum atomic E-state index is 0.111. The summed E-state index contributed by atoms with van der Waals surface area (Å²) < 4.78 is 0. The van der Waals surface area contributed by atoms with Crippen LogP contribution < -0.4 is 5.32 Å². The molecule has 1 atom stereocenters. The van der Waals surface area contributed by atoms with Gasteiger partial charge >= 0.3 is 0 Å². The van der Waals surface area contributed by atoms with Crippen molar-refractivity contribution in [2.75, 3.05) is 39.8 Å². The average molecular weight is 289 g/mol. The van der Waals surface area contributed by atoms with Gasteiger partial charge in [0.15, 0.2) is 0 Å².